The summed E-state index contributed by atoms with van der Waals surface area (Å²) in [5, 5.41) is 17.4. The molecule has 0 aromatic heterocycles. The molecular weight excluding hydrogens is 510 g/mol. The molecule has 3 aromatic rings. The lowest BCUT2D eigenvalue weighted by Gasteiger charge is -2.48. The zero-order valence-electron chi connectivity index (χ0n) is 23.4. The van der Waals surface area contributed by atoms with E-state index in [1.807, 2.05) is 32.0 Å². The van der Waals surface area contributed by atoms with Gasteiger partial charge in [0.1, 0.15) is 11.6 Å². The molecule has 3 N–H and O–H groups in total. The molecule has 0 aliphatic carbocycles. The van der Waals surface area contributed by atoms with Crippen molar-refractivity contribution < 1.29 is 18.7 Å². The van der Waals surface area contributed by atoms with Crippen LogP contribution in [0.5, 0.6) is 0 Å². The lowest BCUT2D eigenvalue weighted by Crippen LogP contribution is -2.55. The van der Waals surface area contributed by atoms with Gasteiger partial charge in [-0.2, -0.15) is 0 Å². The Bertz CT molecular complexity index is 1310. The second kappa shape index (κ2) is 13.0. The minimum absolute atomic E-state index is 0.0704. The molecule has 1 amide bonds. The Morgan fingerprint density at radius 1 is 0.975 bits per heavy atom. The van der Waals surface area contributed by atoms with E-state index in [2.05, 4.69) is 35.5 Å². The van der Waals surface area contributed by atoms with Crippen molar-refractivity contribution in [3.05, 3.63) is 101 Å². The number of guanidine groups is 1. The number of anilines is 1. The molecule has 0 spiro atoms. The summed E-state index contributed by atoms with van der Waals surface area (Å²) in [6.07, 6.45) is -0.00450. The number of aliphatic hydroxyl groups excluding tert-OH is 1. The molecule has 3 unspecified atom stereocenters. The van der Waals surface area contributed by atoms with E-state index in [9.17, 15) is 18.7 Å². The maximum Gasteiger partial charge on any atom is 0.233 e. The molecule has 40 heavy (non-hydrogen) atoms. The summed E-state index contributed by atoms with van der Waals surface area (Å²) in [5.74, 6) is -0.427. The molecule has 212 valence electrons. The van der Waals surface area contributed by atoms with Crippen molar-refractivity contribution in [2.24, 2.45) is 10.9 Å². The molecule has 4 rings (SSSR count). The Hall–Kier alpha value is -3.78. The molecule has 1 saturated heterocycles. The van der Waals surface area contributed by atoms with Crippen LogP contribution in [-0.2, 0) is 11.3 Å². The Balaban J connectivity index is 1.55. The third-order valence-electron chi connectivity index (χ3n) is 6.89. The fourth-order valence-electron chi connectivity index (χ4n) is 5.03. The lowest BCUT2D eigenvalue weighted by atomic mass is 9.78. The summed E-state index contributed by atoms with van der Waals surface area (Å²) >= 11 is 0. The minimum Gasteiger partial charge on any atom is -0.388 e. The van der Waals surface area contributed by atoms with Gasteiger partial charge in [0, 0.05) is 24.3 Å². The number of aliphatic imine (C=N–C) groups is 1. The molecule has 1 aliphatic heterocycles. The topological polar surface area (TPSA) is 77.0 Å². The summed E-state index contributed by atoms with van der Waals surface area (Å²) in [6, 6.07) is 19.8. The van der Waals surface area contributed by atoms with Crippen LogP contribution >= 0.6 is 0 Å². The third kappa shape index (κ3) is 7.24. The van der Waals surface area contributed by atoms with Gasteiger partial charge >= 0.3 is 0 Å². The van der Waals surface area contributed by atoms with Crippen molar-refractivity contribution in [2.45, 2.75) is 71.3 Å². The largest absolute Gasteiger partial charge is 0.388 e. The molecule has 0 saturated carbocycles. The number of hydrogen-bond donors (Lipinski definition) is 3. The molecular formula is C32H38F2N4O2. The quantitative estimate of drug-likeness (QED) is 0.164. The first-order valence-corrected chi connectivity index (χ1v) is 13.8. The van der Waals surface area contributed by atoms with Crippen molar-refractivity contribution in [1.82, 2.24) is 10.6 Å². The number of benzene rings is 3. The molecule has 8 heteroatoms. The van der Waals surface area contributed by atoms with E-state index in [0.29, 0.717) is 30.6 Å². The van der Waals surface area contributed by atoms with Crippen molar-refractivity contribution in [2.75, 3.05) is 4.90 Å². The average Bonchev–Trinajstić information content (AvgIpc) is 2.91. The smallest absolute Gasteiger partial charge is 0.233 e. The van der Waals surface area contributed by atoms with Gasteiger partial charge in [-0.3, -0.25) is 9.79 Å². The van der Waals surface area contributed by atoms with Crippen LogP contribution in [0.4, 0.5) is 14.5 Å². The Labute approximate surface area is 235 Å². The Morgan fingerprint density at radius 2 is 1.62 bits per heavy atom. The third-order valence-corrected chi connectivity index (χ3v) is 6.89. The molecule has 1 aliphatic rings. The van der Waals surface area contributed by atoms with Gasteiger partial charge in [0.15, 0.2) is 5.96 Å². The summed E-state index contributed by atoms with van der Waals surface area (Å²) < 4.78 is 27.0. The number of amides is 1. The van der Waals surface area contributed by atoms with E-state index in [1.165, 1.54) is 24.3 Å². The van der Waals surface area contributed by atoms with Crippen LogP contribution in [0.3, 0.4) is 0 Å². The zero-order valence-corrected chi connectivity index (χ0v) is 23.4. The van der Waals surface area contributed by atoms with Crippen molar-refractivity contribution in [3.8, 4) is 0 Å². The first-order chi connectivity index (χ1) is 19.1. The van der Waals surface area contributed by atoms with E-state index in [4.69, 9.17) is 0 Å². The number of aliphatic hydroxyl groups is 1. The normalized spacial score (nSPS) is 18.2. The van der Waals surface area contributed by atoms with Gasteiger partial charge in [-0.1, -0.05) is 36.4 Å². The number of nitrogens with one attached hydrogen (secondary N) is 2. The van der Waals surface area contributed by atoms with E-state index in [0.717, 1.165) is 17.1 Å². The van der Waals surface area contributed by atoms with Crippen LogP contribution in [0.15, 0.2) is 77.8 Å². The minimum atomic E-state index is -0.809. The van der Waals surface area contributed by atoms with E-state index < -0.39 is 6.10 Å². The second-order valence-corrected chi connectivity index (χ2v) is 10.8. The molecule has 3 atom stereocenters. The predicted octanol–water partition coefficient (Wildman–Crippen LogP) is 6.03. The highest BCUT2D eigenvalue weighted by molar-refractivity contribution is 6.03. The fraction of sp³-hybridized carbons (Fsp3) is 0.375. The van der Waals surface area contributed by atoms with Crippen molar-refractivity contribution in [3.63, 3.8) is 0 Å². The molecule has 0 bridgehead atoms. The predicted molar refractivity (Wildman–Crippen MR) is 155 cm³/mol. The highest BCUT2D eigenvalue weighted by Crippen LogP contribution is 2.46. The molecule has 1 heterocycles. The highest BCUT2D eigenvalue weighted by atomic mass is 19.1. The van der Waals surface area contributed by atoms with Gasteiger partial charge < -0.3 is 20.6 Å². The van der Waals surface area contributed by atoms with Crippen LogP contribution < -0.4 is 15.5 Å². The number of halogens is 2. The van der Waals surface area contributed by atoms with Crippen LogP contribution in [0.2, 0.25) is 0 Å². The lowest BCUT2D eigenvalue weighted by molar-refractivity contribution is -0.131. The van der Waals surface area contributed by atoms with Gasteiger partial charge in [-0.25, -0.2) is 8.78 Å². The standard InChI is InChI=1S/C32H38F2N4O2/c1-20(2)36-32(37-21(3)4)35-19-22-6-5-7-24(18-22)30-28(16-17-29(39)23-8-10-25(33)11-9-23)31(40)38(30)27-14-12-26(34)13-15-27/h5-15,18,20-21,28-30,39H,16-17,19H2,1-4H3,(H2,35,36,37). The number of carbonyl (C=O) groups is 1. The van der Waals surface area contributed by atoms with Gasteiger partial charge in [0.25, 0.3) is 0 Å². The highest BCUT2D eigenvalue weighted by Gasteiger charge is 2.48. The van der Waals surface area contributed by atoms with Gasteiger partial charge in [-0.15, -0.1) is 0 Å². The number of nitrogens with zero attached hydrogens (tertiary/aromatic N) is 2. The van der Waals surface area contributed by atoms with Crippen LogP contribution in [0, 0.1) is 17.6 Å². The van der Waals surface area contributed by atoms with Gasteiger partial charge in [-0.05, 0) is 93.6 Å². The second-order valence-electron chi connectivity index (χ2n) is 10.8. The number of carbonyl (C=O) groups excluding carboxylic acids is 1. The summed E-state index contributed by atoms with van der Waals surface area (Å²) in [5.41, 5.74) is 3.23. The van der Waals surface area contributed by atoms with E-state index in [1.54, 1.807) is 29.2 Å². The number of hydrogen-bond acceptors (Lipinski definition) is 3. The van der Waals surface area contributed by atoms with Crippen LogP contribution in [0.25, 0.3) is 0 Å². The Morgan fingerprint density at radius 3 is 2.25 bits per heavy atom. The van der Waals surface area contributed by atoms with E-state index >= 15 is 0 Å². The molecule has 6 nitrogen and oxygen atoms in total. The average molecular weight is 549 g/mol. The Kier molecular flexibility index (Phi) is 9.53. The van der Waals surface area contributed by atoms with Crippen molar-refractivity contribution in [1.29, 1.82) is 0 Å². The fourth-order valence-corrected chi connectivity index (χ4v) is 5.03. The van der Waals surface area contributed by atoms with Gasteiger partial charge in [0.05, 0.1) is 18.1 Å². The van der Waals surface area contributed by atoms with E-state index in [-0.39, 0.29) is 41.6 Å². The maximum absolute atomic E-state index is 13.6. The van der Waals surface area contributed by atoms with Crippen LogP contribution in [-0.4, -0.2) is 29.1 Å². The SMILES string of the molecule is CC(C)/N=C(/NCc1cccc(C2C(CCC(O)c3ccc(F)cc3)C(=O)N2c2ccc(F)cc2)c1)NC(C)C. The first-order valence-electron chi connectivity index (χ1n) is 13.8. The summed E-state index contributed by atoms with van der Waals surface area (Å²) in [7, 11) is 0. The summed E-state index contributed by atoms with van der Waals surface area (Å²) in [4.78, 5) is 19.7. The monoisotopic (exact) mass is 548 g/mol. The zero-order chi connectivity index (χ0) is 28.8. The van der Waals surface area contributed by atoms with Crippen molar-refractivity contribution >= 4 is 17.6 Å². The first kappa shape index (κ1) is 29.2. The molecule has 1 fully saturated rings. The van der Waals surface area contributed by atoms with Gasteiger partial charge in [0.2, 0.25) is 5.91 Å². The molecule has 0 radical (unpaired) electrons. The molecule has 3 aromatic carbocycles. The maximum atomic E-state index is 13.6. The summed E-state index contributed by atoms with van der Waals surface area (Å²) in [6.45, 7) is 8.71. The number of rotatable bonds is 10. The number of β-lactam (4-membered cyclic amide) rings is 1. The van der Waals surface area contributed by atoms with Crippen LogP contribution in [0.1, 0.15) is 69.4 Å².